The lowest BCUT2D eigenvalue weighted by Gasteiger charge is -2.05. The van der Waals surface area contributed by atoms with Crippen LogP contribution in [0.25, 0.3) is 5.69 Å². The van der Waals surface area contributed by atoms with E-state index in [9.17, 15) is 4.79 Å². The van der Waals surface area contributed by atoms with Gasteiger partial charge in [0, 0.05) is 5.69 Å². The van der Waals surface area contributed by atoms with E-state index in [0.29, 0.717) is 16.9 Å². The van der Waals surface area contributed by atoms with Crippen LogP contribution in [-0.4, -0.2) is 15.7 Å². The molecule has 0 aliphatic heterocycles. The van der Waals surface area contributed by atoms with E-state index >= 15 is 0 Å². The van der Waals surface area contributed by atoms with Crippen molar-refractivity contribution in [1.82, 2.24) is 9.78 Å². The van der Waals surface area contributed by atoms with Gasteiger partial charge in [-0.05, 0) is 37.3 Å². The zero-order chi connectivity index (χ0) is 16.2. The highest BCUT2D eigenvalue weighted by atomic mass is 16.1. The Hall–Kier alpha value is -3.39. The van der Waals surface area contributed by atoms with Crippen LogP contribution in [0.2, 0.25) is 0 Å². The summed E-state index contributed by atoms with van der Waals surface area (Å²) in [6.07, 6.45) is 0. The fourth-order valence-electron chi connectivity index (χ4n) is 2.29. The Bertz CT molecular complexity index is 891. The molecule has 0 radical (unpaired) electrons. The van der Waals surface area contributed by atoms with Crippen molar-refractivity contribution in [3.8, 4) is 11.8 Å². The van der Waals surface area contributed by atoms with Gasteiger partial charge in [-0.25, -0.2) is 4.68 Å². The molecule has 112 valence electrons. The van der Waals surface area contributed by atoms with Crippen LogP contribution in [0.5, 0.6) is 0 Å². The number of aromatic nitrogens is 2. The highest BCUT2D eigenvalue weighted by Crippen LogP contribution is 2.16. The van der Waals surface area contributed by atoms with Crippen LogP contribution in [0.15, 0.2) is 60.7 Å². The summed E-state index contributed by atoms with van der Waals surface area (Å²) in [5, 5.41) is 16.2. The molecule has 0 bridgehead atoms. The highest BCUT2D eigenvalue weighted by Gasteiger charge is 2.14. The third kappa shape index (κ3) is 2.97. The molecule has 1 N–H and O–H groups in total. The second kappa shape index (κ2) is 6.16. The fraction of sp³-hybridized carbons (Fsp3) is 0.0556. The third-order valence-corrected chi connectivity index (χ3v) is 3.42. The summed E-state index contributed by atoms with van der Waals surface area (Å²) in [7, 11) is 0. The smallest absolute Gasteiger partial charge is 0.276 e. The Morgan fingerprint density at radius 3 is 2.57 bits per heavy atom. The predicted octanol–water partition coefficient (Wildman–Crippen LogP) is 3.30. The van der Waals surface area contributed by atoms with Crippen LogP contribution in [0, 0.1) is 18.3 Å². The molecule has 0 saturated carbocycles. The predicted molar refractivity (Wildman–Crippen MR) is 87.4 cm³/mol. The van der Waals surface area contributed by atoms with Gasteiger partial charge in [-0.2, -0.15) is 10.4 Å². The molecule has 1 amide bonds. The maximum atomic E-state index is 12.4. The van der Waals surface area contributed by atoms with E-state index in [2.05, 4.69) is 16.5 Å². The number of rotatable bonds is 3. The molecule has 0 aliphatic rings. The summed E-state index contributed by atoms with van der Waals surface area (Å²) >= 11 is 0. The summed E-state index contributed by atoms with van der Waals surface area (Å²) in [6, 6.07) is 20.2. The van der Waals surface area contributed by atoms with Crippen LogP contribution < -0.4 is 5.32 Å². The van der Waals surface area contributed by atoms with Gasteiger partial charge in [0.2, 0.25) is 0 Å². The molecule has 0 aliphatic carbocycles. The van der Waals surface area contributed by atoms with E-state index in [-0.39, 0.29) is 5.91 Å². The maximum absolute atomic E-state index is 12.4. The van der Waals surface area contributed by atoms with E-state index in [1.54, 1.807) is 35.0 Å². The minimum atomic E-state index is -0.342. The van der Waals surface area contributed by atoms with Crippen molar-refractivity contribution < 1.29 is 4.79 Å². The molecular weight excluding hydrogens is 288 g/mol. The van der Waals surface area contributed by atoms with E-state index in [4.69, 9.17) is 5.26 Å². The molecule has 0 atom stereocenters. The average Bonchev–Trinajstić information content (AvgIpc) is 2.98. The number of para-hydroxylation sites is 2. The molecule has 3 rings (SSSR count). The summed E-state index contributed by atoms with van der Waals surface area (Å²) < 4.78 is 1.71. The maximum Gasteiger partial charge on any atom is 0.276 e. The number of nitrogens with one attached hydrogen (secondary N) is 1. The zero-order valence-corrected chi connectivity index (χ0v) is 12.5. The zero-order valence-electron chi connectivity index (χ0n) is 12.5. The molecule has 23 heavy (non-hydrogen) atoms. The van der Waals surface area contributed by atoms with Gasteiger partial charge in [0.05, 0.1) is 16.9 Å². The van der Waals surface area contributed by atoms with E-state index < -0.39 is 0 Å². The number of nitrogens with zero attached hydrogens (tertiary/aromatic N) is 3. The first-order valence-corrected chi connectivity index (χ1v) is 7.11. The minimum Gasteiger partial charge on any atom is -0.319 e. The van der Waals surface area contributed by atoms with Gasteiger partial charge in [0.1, 0.15) is 6.07 Å². The molecule has 2 aromatic carbocycles. The largest absolute Gasteiger partial charge is 0.319 e. The van der Waals surface area contributed by atoms with Gasteiger partial charge < -0.3 is 5.32 Å². The van der Waals surface area contributed by atoms with Gasteiger partial charge in [-0.15, -0.1) is 0 Å². The first-order chi connectivity index (χ1) is 11.2. The Kier molecular flexibility index (Phi) is 3.89. The number of amides is 1. The lowest BCUT2D eigenvalue weighted by molar-refractivity contribution is 0.102. The Morgan fingerprint density at radius 2 is 1.83 bits per heavy atom. The number of hydrogen-bond acceptors (Lipinski definition) is 3. The van der Waals surface area contributed by atoms with Crippen LogP contribution in [0.1, 0.15) is 21.7 Å². The van der Waals surface area contributed by atoms with Crippen LogP contribution in [-0.2, 0) is 0 Å². The van der Waals surface area contributed by atoms with Gasteiger partial charge in [0.15, 0.2) is 5.69 Å². The van der Waals surface area contributed by atoms with E-state index in [0.717, 1.165) is 11.4 Å². The molecule has 5 nitrogen and oxygen atoms in total. The first-order valence-electron chi connectivity index (χ1n) is 7.11. The second-order valence-electron chi connectivity index (χ2n) is 5.03. The third-order valence-electron chi connectivity index (χ3n) is 3.42. The normalized spacial score (nSPS) is 10.1. The lowest BCUT2D eigenvalue weighted by atomic mass is 10.2. The number of hydrogen-bond donors (Lipinski definition) is 1. The number of carbonyl (C=O) groups excluding carboxylic acids is 1. The first kappa shape index (κ1) is 14.5. The summed E-state index contributed by atoms with van der Waals surface area (Å²) in [5.41, 5.74) is 2.95. The molecule has 0 saturated heterocycles. The van der Waals surface area contributed by atoms with Crippen molar-refractivity contribution in [1.29, 1.82) is 5.26 Å². The average molecular weight is 302 g/mol. The van der Waals surface area contributed by atoms with Crippen LogP contribution in [0.4, 0.5) is 5.69 Å². The topological polar surface area (TPSA) is 70.7 Å². The highest BCUT2D eigenvalue weighted by molar-refractivity contribution is 6.03. The number of aryl methyl sites for hydroxylation is 1. The number of carbonyl (C=O) groups is 1. The SMILES string of the molecule is Cc1cc(C(=O)Nc2ccccc2C#N)nn1-c1ccccc1. The number of nitriles is 1. The molecule has 0 fully saturated rings. The standard InChI is InChI=1S/C18H14N4O/c1-13-11-17(21-22(13)15-8-3-2-4-9-15)18(23)20-16-10-6-5-7-14(16)12-19/h2-11H,1H3,(H,20,23). The molecular formula is C18H14N4O. The van der Waals surface area contributed by atoms with Crippen LogP contribution in [0.3, 0.4) is 0 Å². The minimum absolute atomic E-state index is 0.305. The van der Waals surface area contributed by atoms with Gasteiger partial charge in [0.25, 0.3) is 5.91 Å². The molecule has 3 aromatic rings. The lowest BCUT2D eigenvalue weighted by Crippen LogP contribution is -2.14. The van der Waals surface area contributed by atoms with Gasteiger partial charge in [-0.3, -0.25) is 4.79 Å². The van der Waals surface area contributed by atoms with Crippen molar-refractivity contribution in [3.05, 3.63) is 77.6 Å². The molecule has 1 aromatic heterocycles. The second-order valence-corrected chi connectivity index (χ2v) is 5.03. The molecule has 1 heterocycles. The number of benzene rings is 2. The fourth-order valence-corrected chi connectivity index (χ4v) is 2.29. The van der Waals surface area contributed by atoms with Crippen LogP contribution >= 0.6 is 0 Å². The Labute approximate surface area is 133 Å². The summed E-state index contributed by atoms with van der Waals surface area (Å²) in [5.74, 6) is -0.342. The van der Waals surface area contributed by atoms with E-state index in [1.165, 1.54) is 0 Å². The van der Waals surface area contributed by atoms with Crippen molar-refractivity contribution >= 4 is 11.6 Å². The van der Waals surface area contributed by atoms with Gasteiger partial charge >= 0.3 is 0 Å². The monoisotopic (exact) mass is 302 g/mol. The molecule has 5 heteroatoms. The molecule has 0 unspecified atom stereocenters. The Balaban J connectivity index is 1.88. The number of anilines is 1. The van der Waals surface area contributed by atoms with Crippen molar-refractivity contribution in [2.24, 2.45) is 0 Å². The van der Waals surface area contributed by atoms with Gasteiger partial charge in [-0.1, -0.05) is 30.3 Å². The quantitative estimate of drug-likeness (QED) is 0.807. The van der Waals surface area contributed by atoms with E-state index in [1.807, 2.05) is 37.3 Å². The van der Waals surface area contributed by atoms with Crippen molar-refractivity contribution in [2.45, 2.75) is 6.92 Å². The molecule has 0 spiro atoms. The van der Waals surface area contributed by atoms with Crippen molar-refractivity contribution in [2.75, 3.05) is 5.32 Å². The Morgan fingerprint density at radius 1 is 1.13 bits per heavy atom. The van der Waals surface area contributed by atoms with Crippen molar-refractivity contribution in [3.63, 3.8) is 0 Å². The summed E-state index contributed by atoms with van der Waals surface area (Å²) in [6.45, 7) is 1.89. The summed E-state index contributed by atoms with van der Waals surface area (Å²) in [4.78, 5) is 12.4.